The molecule has 2 N–H and O–H groups in total. The van der Waals surface area contributed by atoms with Gasteiger partial charge in [-0.3, -0.25) is 9.59 Å². The summed E-state index contributed by atoms with van der Waals surface area (Å²) in [6.07, 6.45) is 1.74. The Morgan fingerprint density at radius 3 is 2.51 bits per heavy atom. The van der Waals surface area contributed by atoms with E-state index in [1.807, 2.05) is 50.5 Å². The molecule has 0 unspecified atom stereocenters. The van der Waals surface area contributed by atoms with Crippen molar-refractivity contribution in [2.24, 2.45) is 5.92 Å². The Labute approximate surface area is 215 Å². The third-order valence-electron chi connectivity index (χ3n) is 5.41. The molecule has 184 valence electrons. The average molecular weight is 512 g/mol. The second-order valence-electron chi connectivity index (χ2n) is 8.60. The smallest absolute Gasteiger partial charge is 0.251 e. The minimum Gasteiger partial charge on any atom is -0.342 e. The fraction of sp³-hybridized carbons (Fsp3) is 0.308. The van der Waals surface area contributed by atoms with Gasteiger partial charge in [0.05, 0.1) is 11.8 Å². The van der Waals surface area contributed by atoms with Crippen LogP contribution in [0.3, 0.4) is 0 Å². The van der Waals surface area contributed by atoms with E-state index >= 15 is 0 Å². The minimum absolute atomic E-state index is 0.0594. The predicted molar refractivity (Wildman–Crippen MR) is 142 cm³/mol. The van der Waals surface area contributed by atoms with Crippen LogP contribution in [0.5, 0.6) is 0 Å². The number of carbonyl (C=O) groups excluding carboxylic acids is 2. The summed E-state index contributed by atoms with van der Waals surface area (Å²) in [5.41, 5.74) is 3.27. The van der Waals surface area contributed by atoms with Crippen molar-refractivity contribution in [1.29, 1.82) is 0 Å². The Balaban J connectivity index is 1.75. The van der Waals surface area contributed by atoms with E-state index in [1.54, 1.807) is 30.3 Å². The van der Waals surface area contributed by atoms with Crippen molar-refractivity contribution in [3.63, 3.8) is 0 Å². The molecular formula is C26H30ClN5O2S. The van der Waals surface area contributed by atoms with Crippen LogP contribution >= 0.6 is 23.4 Å². The number of nitrogens with zero attached hydrogens (tertiary/aromatic N) is 3. The number of hydrogen-bond acceptors (Lipinski definition) is 5. The maximum atomic E-state index is 12.9. The van der Waals surface area contributed by atoms with E-state index in [0.29, 0.717) is 33.8 Å². The normalized spacial score (nSPS) is 11.8. The maximum absolute atomic E-state index is 12.9. The lowest BCUT2D eigenvalue weighted by molar-refractivity contribution is -0.113. The number of amides is 2. The molecule has 3 rings (SSSR count). The van der Waals surface area contributed by atoms with Gasteiger partial charge in [-0.2, -0.15) is 0 Å². The van der Waals surface area contributed by atoms with Gasteiger partial charge in [-0.15, -0.1) is 16.8 Å². The van der Waals surface area contributed by atoms with Crippen molar-refractivity contribution in [3.05, 3.63) is 82.7 Å². The molecule has 3 aromatic rings. The summed E-state index contributed by atoms with van der Waals surface area (Å²) in [5, 5.41) is 15.8. The van der Waals surface area contributed by atoms with E-state index in [1.165, 1.54) is 11.8 Å². The van der Waals surface area contributed by atoms with Crippen molar-refractivity contribution in [2.75, 3.05) is 11.1 Å². The summed E-state index contributed by atoms with van der Waals surface area (Å²) in [7, 11) is 0. The number of nitrogens with one attached hydrogen (secondary N) is 2. The predicted octanol–water partition coefficient (Wildman–Crippen LogP) is 5.59. The molecule has 0 aliphatic rings. The Morgan fingerprint density at radius 1 is 1.14 bits per heavy atom. The van der Waals surface area contributed by atoms with Gasteiger partial charge in [0.2, 0.25) is 5.91 Å². The zero-order valence-corrected chi connectivity index (χ0v) is 21.9. The number of thioether (sulfide) groups is 1. The van der Waals surface area contributed by atoms with Crippen LogP contribution in [0.25, 0.3) is 0 Å². The van der Waals surface area contributed by atoms with Gasteiger partial charge in [-0.1, -0.05) is 67.0 Å². The highest BCUT2D eigenvalue weighted by molar-refractivity contribution is 7.99. The molecule has 0 bridgehead atoms. The molecule has 35 heavy (non-hydrogen) atoms. The van der Waals surface area contributed by atoms with Gasteiger partial charge in [0.1, 0.15) is 0 Å². The molecule has 1 aromatic heterocycles. The van der Waals surface area contributed by atoms with Gasteiger partial charge in [-0.05, 0) is 49.6 Å². The highest BCUT2D eigenvalue weighted by Crippen LogP contribution is 2.26. The van der Waals surface area contributed by atoms with E-state index in [4.69, 9.17) is 11.6 Å². The second-order valence-corrected chi connectivity index (χ2v) is 9.98. The monoisotopic (exact) mass is 511 g/mol. The van der Waals surface area contributed by atoms with Crippen LogP contribution in [-0.4, -0.2) is 32.3 Å². The second kappa shape index (κ2) is 12.0. The molecule has 7 nitrogen and oxygen atoms in total. The van der Waals surface area contributed by atoms with E-state index in [0.717, 1.165) is 11.1 Å². The van der Waals surface area contributed by atoms with Crippen LogP contribution < -0.4 is 10.6 Å². The highest BCUT2D eigenvalue weighted by atomic mass is 35.5. The van der Waals surface area contributed by atoms with Crippen LogP contribution in [-0.2, 0) is 11.3 Å². The molecule has 9 heteroatoms. The fourth-order valence-electron chi connectivity index (χ4n) is 3.44. The Bertz CT molecular complexity index is 1210. The number of rotatable bonds is 10. The summed E-state index contributed by atoms with van der Waals surface area (Å²) in [6.45, 7) is 12.2. The standard InChI is InChI=1S/C26H30ClN5O2S/c1-6-13-32-24(23(16(2)3)29-25(34)19-10-7-17(4)8-11-19)30-31-26(32)35-15-22(33)28-21-14-20(27)12-9-18(21)5/h6-12,14,16,23H,1,13,15H2,2-5H3,(H,28,33)(H,29,34)/t23-/m0/s1. The Morgan fingerprint density at radius 2 is 1.86 bits per heavy atom. The van der Waals surface area contributed by atoms with Gasteiger partial charge < -0.3 is 15.2 Å². The first kappa shape index (κ1) is 26.5. The largest absolute Gasteiger partial charge is 0.342 e. The lowest BCUT2D eigenvalue weighted by Gasteiger charge is -2.22. The number of carbonyl (C=O) groups is 2. The third-order valence-corrected chi connectivity index (χ3v) is 6.61. The topological polar surface area (TPSA) is 88.9 Å². The van der Waals surface area contributed by atoms with E-state index in [9.17, 15) is 9.59 Å². The third kappa shape index (κ3) is 6.96. The van der Waals surface area contributed by atoms with Crippen molar-refractivity contribution in [3.8, 4) is 0 Å². The van der Waals surface area contributed by atoms with Crippen LogP contribution in [0, 0.1) is 19.8 Å². The molecule has 0 fully saturated rings. The summed E-state index contributed by atoms with van der Waals surface area (Å²) >= 11 is 7.33. The van der Waals surface area contributed by atoms with Gasteiger partial charge in [-0.25, -0.2) is 0 Å². The van der Waals surface area contributed by atoms with Crippen LogP contribution in [0.1, 0.15) is 47.2 Å². The number of hydrogen-bond donors (Lipinski definition) is 2. The quantitative estimate of drug-likeness (QED) is 0.273. The fourth-order valence-corrected chi connectivity index (χ4v) is 4.37. The molecule has 0 radical (unpaired) electrons. The Kier molecular flexibility index (Phi) is 9.12. The molecule has 0 spiro atoms. The van der Waals surface area contributed by atoms with Crippen molar-refractivity contribution in [1.82, 2.24) is 20.1 Å². The molecule has 2 aromatic carbocycles. The summed E-state index contributed by atoms with van der Waals surface area (Å²) in [6, 6.07) is 12.4. The van der Waals surface area contributed by atoms with Crippen LogP contribution in [0.15, 0.2) is 60.3 Å². The molecule has 0 aliphatic carbocycles. The first-order valence-corrected chi connectivity index (χ1v) is 12.7. The number of allylic oxidation sites excluding steroid dienone is 1. The minimum atomic E-state index is -0.367. The summed E-state index contributed by atoms with van der Waals surface area (Å²) in [4.78, 5) is 25.5. The van der Waals surface area contributed by atoms with Crippen LogP contribution in [0.2, 0.25) is 5.02 Å². The number of halogens is 1. The summed E-state index contributed by atoms with van der Waals surface area (Å²) < 4.78 is 1.88. The van der Waals surface area contributed by atoms with Crippen molar-refractivity contribution < 1.29 is 9.59 Å². The highest BCUT2D eigenvalue weighted by Gasteiger charge is 2.26. The van der Waals surface area contributed by atoms with E-state index in [-0.39, 0.29) is 29.5 Å². The summed E-state index contributed by atoms with van der Waals surface area (Å²) in [5.74, 6) is 0.465. The zero-order chi connectivity index (χ0) is 25.5. The SMILES string of the molecule is C=CCn1c(SCC(=O)Nc2cc(Cl)ccc2C)nnc1[C@@H](NC(=O)c1ccc(C)cc1)C(C)C. The lowest BCUT2D eigenvalue weighted by Crippen LogP contribution is -2.33. The van der Waals surface area contributed by atoms with Gasteiger partial charge in [0.15, 0.2) is 11.0 Å². The molecule has 0 saturated carbocycles. The van der Waals surface area contributed by atoms with Crippen molar-refractivity contribution in [2.45, 2.75) is 45.4 Å². The van der Waals surface area contributed by atoms with Crippen LogP contribution in [0.4, 0.5) is 5.69 Å². The molecule has 0 aliphatic heterocycles. The molecule has 1 atom stereocenters. The maximum Gasteiger partial charge on any atom is 0.251 e. The first-order valence-electron chi connectivity index (χ1n) is 11.3. The van der Waals surface area contributed by atoms with Gasteiger partial charge >= 0.3 is 0 Å². The Hall–Kier alpha value is -3.10. The zero-order valence-electron chi connectivity index (χ0n) is 20.3. The van der Waals surface area contributed by atoms with Gasteiger partial charge in [0, 0.05) is 22.8 Å². The first-order chi connectivity index (χ1) is 16.7. The van der Waals surface area contributed by atoms with E-state index in [2.05, 4.69) is 27.4 Å². The number of benzene rings is 2. The molecular weight excluding hydrogens is 482 g/mol. The number of aromatic nitrogens is 3. The number of anilines is 1. The van der Waals surface area contributed by atoms with Crippen molar-refractivity contribution >= 4 is 40.9 Å². The molecule has 2 amide bonds. The van der Waals surface area contributed by atoms with E-state index < -0.39 is 0 Å². The number of aryl methyl sites for hydroxylation is 2. The molecule has 1 heterocycles. The van der Waals surface area contributed by atoms with Gasteiger partial charge in [0.25, 0.3) is 5.91 Å². The molecule has 0 saturated heterocycles. The lowest BCUT2D eigenvalue weighted by atomic mass is 10.0. The average Bonchev–Trinajstić information content (AvgIpc) is 3.21.